The molecule has 0 atom stereocenters. The number of nitrogens with zero attached hydrogens (tertiary/aromatic N) is 7. The molecule has 0 fully saturated rings. The molecule has 9 nitrogen and oxygen atoms in total. The highest BCUT2D eigenvalue weighted by Crippen LogP contribution is 2.09. The Labute approximate surface area is 197 Å². The highest BCUT2D eigenvalue weighted by atomic mass is 35.5. The number of anilines is 1. The van der Waals surface area contributed by atoms with Crippen LogP contribution >= 0.6 is 58.0 Å². The number of aromatic nitrogens is 6. The zero-order chi connectivity index (χ0) is 22.1. The quantitative estimate of drug-likeness (QED) is 0.606. The molecule has 0 radical (unpaired) electrons. The van der Waals surface area contributed by atoms with Crippen LogP contribution in [0.25, 0.3) is 0 Å². The normalized spacial score (nSPS) is 8.97. The van der Waals surface area contributed by atoms with Crippen LogP contribution < -0.4 is 11.1 Å². The molecule has 0 unspecified atom stereocenters. The fraction of sp³-hybridized carbons (Fsp3) is 0.600. The van der Waals surface area contributed by atoms with Crippen LogP contribution in [-0.2, 0) is 0 Å². The lowest BCUT2D eigenvalue weighted by Gasteiger charge is -2.13. The van der Waals surface area contributed by atoms with E-state index in [-0.39, 0.29) is 33.8 Å². The van der Waals surface area contributed by atoms with E-state index < -0.39 is 0 Å². The molecule has 14 heteroatoms. The van der Waals surface area contributed by atoms with Crippen molar-refractivity contribution in [2.24, 2.45) is 5.73 Å². The third-order valence-corrected chi connectivity index (χ3v) is 3.54. The monoisotopic (exact) mass is 509 g/mol. The zero-order valence-electron chi connectivity index (χ0n) is 16.2. The van der Waals surface area contributed by atoms with Gasteiger partial charge in [0, 0.05) is 7.05 Å². The van der Waals surface area contributed by atoms with Crippen LogP contribution in [0.2, 0.25) is 26.4 Å². The highest BCUT2D eigenvalue weighted by molar-refractivity contribution is 6.33. The first-order valence-electron chi connectivity index (χ1n) is 8.03. The molecule has 0 aromatic carbocycles. The lowest BCUT2D eigenvalue weighted by Crippen LogP contribution is -2.21. The van der Waals surface area contributed by atoms with Crippen molar-refractivity contribution in [3.63, 3.8) is 0 Å². The van der Waals surface area contributed by atoms with Gasteiger partial charge in [0.1, 0.15) is 0 Å². The van der Waals surface area contributed by atoms with Gasteiger partial charge in [-0.2, -0.15) is 29.9 Å². The second kappa shape index (κ2) is 20.5. The number of halogens is 5. The summed E-state index contributed by atoms with van der Waals surface area (Å²) < 4.78 is 0. The largest absolute Gasteiger partial charge is 0.357 e. The SMILES string of the molecule is C.CCN(CC)CC.CN.CNc1nc(Cl)nc(Cl)n1.Clc1nc(Cl)nc(Cl)n1. The van der Waals surface area contributed by atoms with E-state index in [0.717, 1.165) is 0 Å². The number of nitrogens with two attached hydrogens (primary N) is 1. The van der Waals surface area contributed by atoms with Crippen LogP contribution in [0.15, 0.2) is 0 Å². The van der Waals surface area contributed by atoms with E-state index >= 15 is 0 Å². The summed E-state index contributed by atoms with van der Waals surface area (Å²) in [4.78, 5) is 23.7. The summed E-state index contributed by atoms with van der Waals surface area (Å²) in [6.07, 6.45) is 0. The number of nitrogens with one attached hydrogen (secondary N) is 1. The van der Waals surface area contributed by atoms with Gasteiger partial charge in [0.25, 0.3) is 0 Å². The van der Waals surface area contributed by atoms with E-state index in [4.69, 9.17) is 58.0 Å². The zero-order valence-corrected chi connectivity index (χ0v) is 20.0. The minimum Gasteiger partial charge on any atom is -0.357 e. The molecule has 168 valence electrons. The van der Waals surface area contributed by atoms with Gasteiger partial charge in [0.2, 0.25) is 32.4 Å². The van der Waals surface area contributed by atoms with Gasteiger partial charge in [-0.15, -0.1) is 0 Å². The second-order valence-corrected chi connectivity index (χ2v) is 5.90. The van der Waals surface area contributed by atoms with Crippen LogP contribution in [0, 0.1) is 0 Å². The maximum atomic E-state index is 5.44. The van der Waals surface area contributed by atoms with Crippen LogP contribution in [0.3, 0.4) is 0 Å². The predicted octanol–water partition coefficient (Wildman–Crippen LogP) is 4.61. The summed E-state index contributed by atoms with van der Waals surface area (Å²) in [5.41, 5.74) is 4.50. The standard InChI is InChI=1S/C6H15N.C4H4Cl2N4.C3Cl3N3.CH5N.CH4/c1-4-7(5-2)6-3;1-7-4-9-2(5)8-3(6)10-4;4-1-7-2(5)9-3(6)8-1;1-2;/h4-6H2,1-3H3;1H3,(H,7,8,9,10);;2H2,1H3;1H4. The minimum atomic E-state index is 0. The smallest absolute Gasteiger partial charge is 0.228 e. The summed E-state index contributed by atoms with van der Waals surface area (Å²) in [6.45, 7) is 10.1. The molecule has 0 bridgehead atoms. The molecular formula is C15H28Cl5N9. The van der Waals surface area contributed by atoms with Crippen LogP contribution in [0.4, 0.5) is 5.95 Å². The summed E-state index contributed by atoms with van der Waals surface area (Å²) >= 11 is 26.8. The molecule has 0 spiro atoms. The molecular weight excluding hydrogens is 483 g/mol. The van der Waals surface area contributed by atoms with E-state index in [1.807, 2.05) is 0 Å². The Morgan fingerprint density at radius 3 is 1.07 bits per heavy atom. The van der Waals surface area contributed by atoms with Crippen molar-refractivity contribution in [2.45, 2.75) is 28.2 Å². The van der Waals surface area contributed by atoms with Crippen LogP contribution in [0.1, 0.15) is 28.2 Å². The van der Waals surface area contributed by atoms with Crippen molar-refractivity contribution in [3.8, 4) is 0 Å². The topological polar surface area (TPSA) is 119 Å². The third kappa shape index (κ3) is 17.7. The minimum absolute atomic E-state index is 0. The molecule has 0 amide bonds. The average molecular weight is 512 g/mol. The van der Waals surface area contributed by atoms with Crippen molar-refractivity contribution in [3.05, 3.63) is 26.4 Å². The summed E-state index contributed by atoms with van der Waals surface area (Å²) in [5.74, 6) is 0.366. The number of rotatable bonds is 4. The molecule has 2 rings (SSSR count). The first-order chi connectivity index (χ1) is 13.2. The number of hydrogen-bond donors (Lipinski definition) is 2. The highest BCUT2D eigenvalue weighted by Gasteiger charge is 1.99. The maximum Gasteiger partial charge on any atom is 0.228 e. The Morgan fingerprint density at radius 1 is 0.655 bits per heavy atom. The van der Waals surface area contributed by atoms with E-state index in [2.05, 4.69) is 66.6 Å². The van der Waals surface area contributed by atoms with Crippen molar-refractivity contribution >= 4 is 64.0 Å². The predicted molar refractivity (Wildman–Crippen MR) is 125 cm³/mol. The summed E-state index contributed by atoms with van der Waals surface area (Å²) in [7, 11) is 3.17. The van der Waals surface area contributed by atoms with Gasteiger partial charge in [0.05, 0.1) is 0 Å². The van der Waals surface area contributed by atoms with Gasteiger partial charge in [-0.25, -0.2) is 0 Å². The van der Waals surface area contributed by atoms with Crippen LogP contribution in [-0.4, -0.2) is 68.5 Å². The summed E-state index contributed by atoms with van der Waals surface area (Å²) in [5, 5.41) is 2.85. The number of hydrogen-bond acceptors (Lipinski definition) is 9. The third-order valence-electron chi connectivity index (χ3n) is 2.70. The van der Waals surface area contributed by atoms with Gasteiger partial charge in [0.15, 0.2) is 0 Å². The Hall–Kier alpha value is -0.810. The lowest BCUT2D eigenvalue weighted by molar-refractivity contribution is 0.321. The van der Waals surface area contributed by atoms with Gasteiger partial charge >= 0.3 is 0 Å². The van der Waals surface area contributed by atoms with E-state index in [1.165, 1.54) is 26.7 Å². The molecule has 0 aliphatic carbocycles. The molecule has 2 aromatic heterocycles. The molecule has 0 saturated carbocycles. The fourth-order valence-corrected chi connectivity index (χ4v) is 2.39. The van der Waals surface area contributed by atoms with Crippen molar-refractivity contribution in [1.82, 2.24) is 34.8 Å². The molecule has 2 aromatic rings. The van der Waals surface area contributed by atoms with Gasteiger partial charge < -0.3 is 16.0 Å². The van der Waals surface area contributed by atoms with Gasteiger partial charge in [-0.05, 0) is 84.7 Å². The Bertz CT molecular complexity index is 584. The van der Waals surface area contributed by atoms with Gasteiger partial charge in [-0.1, -0.05) is 28.2 Å². The van der Waals surface area contributed by atoms with E-state index in [0.29, 0.717) is 5.95 Å². The van der Waals surface area contributed by atoms with E-state index in [1.54, 1.807) is 7.05 Å². The summed E-state index contributed by atoms with van der Waals surface area (Å²) in [6, 6.07) is 0. The van der Waals surface area contributed by atoms with Crippen molar-refractivity contribution in [1.29, 1.82) is 0 Å². The van der Waals surface area contributed by atoms with Crippen molar-refractivity contribution in [2.75, 3.05) is 39.0 Å². The first-order valence-corrected chi connectivity index (χ1v) is 9.92. The Balaban J connectivity index is -0.000000334. The van der Waals surface area contributed by atoms with Gasteiger partial charge in [-0.3, -0.25) is 0 Å². The molecule has 0 saturated heterocycles. The Kier molecular flexibility index (Phi) is 23.2. The van der Waals surface area contributed by atoms with Crippen molar-refractivity contribution < 1.29 is 0 Å². The molecule has 0 aliphatic rings. The van der Waals surface area contributed by atoms with E-state index in [9.17, 15) is 0 Å². The molecule has 0 aliphatic heterocycles. The maximum absolute atomic E-state index is 5.44. The molecule has 3 N–H and O–H groups in total. The molecule has 2 heterocycles. The second-order valence-electron chi connectivity index (χ2n) is 4.21. The van der Waals surface area contributed by atoms with Crippen LogP contribution in [0.5, 0.6) is 0 Å². The first kappa shape index (κ1) is 32.8. The Morgan fingerprint density at radius 2 is 0.897 bits per heavy atom. The molecule has 29 heavy (non-hydrogen) atoms. The fourth-order valence-electron chi connectivity index (χ4n) is 1.41. The lowest BCUT2D eigenvalue weighted by atomic mass is 10.5. The average Bonchev–Trinajstić information content (AvgIpc) is 2.64.